The SMILES string of the molecule is O=C(NCc1cccc(F)c1)[C@@H]1Cc2cc([N+](=O)[O-])ccc2N2CCCC[C@H]12. The van der Waals surface area contributed by atoms with Gasteiger partial charge in [0.25, 0.3) is 5.69 Å². The lowest BCUT2D eigenvalue weighted by Gasteiger charge is -2.45. The molecule has 2 heterocycles. The number of non-ortho nitro benzene ring substituents is 1. The molecule has 0 unspecified atom stereocenters. The minimum atomic E-state index is -0.401. The quantitative estimate of drug-likeness (QED) is 0.647. The Hall–Kier alpha value is -2.96. The van der Waals surface area contributed by atoms with Crippen molar-refractivity contribution in [3.05, 3.63) is 69.5 Å². The number of halogens is 1. The van der Waals surface area contributed by atoms with Crippen molar-refractivity contribution >= 4 is 17.3 Å². The first-order valence-corrected chi connectivity index (χ1v) is 9.59. The van der Waals surface area contributed by atoms with Crippen LogP contribution in [0.1, 0.15) is 30.4 Å². The van der Waals surface area contributed by atoms with Crippen molar-refractivity contribution in [1.82, 2.24) is 5.32 Å². The van der Waals surface area contributed by atoms with Gasteiger partial charge in [-0.1, -0.05) is 12.1 Å². The number of piperidine rings is 1. The summed E-state index contributed by atoms with van der Waals surface area (Å²) in [6.45, 7) is 1.12. The maximum Gasteiger partial charge on any atom is 0.269 e. The van der Waals surface area contributed by atoms with Crippen LogP contribution in [-0.4, -0.2) is 23.4 Å². The fraction of sp³-hybridized carbons (Fsp3) is 0.381. The van der Waals surface area contributed by atoms with Crippen molar-refractivity contribution in [2.75, 3.05) is 11.4 Å². The van der Waals surface area contributed by atoms with Gasteiger partial charge in [-0.05, 0) is 55.0 Å². The number of anilines is 1. The molecule has 2 aliphatic heterocycles. The molecular weight excluding hydrogens is 361 g/mol. The molecule has 0 spiro atoms. The molecule has 2 aromatic rings. The number of carbonyl (C=O) groups excluding carboxylic acids is 1. The Balaban J connectivity index is 1.56. The predicted molar refractivity (Wildman–Crippen MR) is 104 cm³/mol. The highest BCUT2D eigenvalue weighted by molar-refractivity contribution is 5.82. The van der Waals surface area contributed by atoms with E-state index in [2.05, 4.69) is 10.2 Å². The topological polar surface area (TPSA) is 75.5 Å². The van der Waals surface area contributed by atoms with Gasteiger partial charge in [-0.15, -0.1) is 0 Å². The van der Waals surface area contributed by atoms with E-state index in [1.807, 2.05) is 6.07 Å². The molecule has 28 heavy (non-hydrogen) atoms. The molecule has 7 heteroatoms. The van der Waals surface area contributed by atoms with E-state index in [9.17, 15) is 19.3 Å². The molecular formula is C21H22FN3O3. The summed E-state index contributed by atoms with van der Waals surface area (Å²) >= 11 is 0. The third kappa shape index (κ3) is 3.56. The van der Waals surface area contributed by atoms with Crippen LogP contribution in [-0.2, 0) is 17.8 Å². The Morgan fingerprint density at radius 3 is 2.89 bits per heavy atom. The van der Waals surface area contributed by atoms with E-state index in [0.29, 0.717) is 12.0 Å². The second-order valence-corrected chi connectivity index (χ2v) is 7.48. The van der Waals surface area contributed by atoms with E-state index in [1.54, 1.807) is 18.2 Å². The minimum absolute atomic E-state index is 0.0492. The van der Waals surface area contributed by atoms with Crippen LogP contribution in [0.3, 0.4) is 0 Å². The minimum Gasteiger partial charge on any atom is -0.368 e. The zero-order chi connectivity index (χ0) is 19.7. The van der Waals surface area contributed by atoms with Crippen LogP contribution in [0, 0.1) is 21.8 Å². The molecule has 0 bridgehead atoms. The second-order valence-electron chi connectivity index (χ2n) is 7.48. The van der Waals surface area contributed by atoms with E-state index in [1.165, 1.54) is 18.2 Å². The van der Waals surface area contributed by atoms with E-state index in [-0.39, 0.29) is 35.9 Å². The zero-order valence-electron chi connectivity index (χ0n) is 15.4. The monoisotopic (exact) mass is 383 g/mol. The first-order valence-electron chi connectivity index (χ1n) is 9.59. The van der Waals surface area contributed by atoms with Gasteiger partial charge in [0.1, 0.15) is 5.82 Å². The van der Waals surface area contributed by atoms with Crippen LogP contribution in [0.2, 0.25) is 0 Å². The number of hydrogen-bond acceptors (Lipinski definition) is 4. The van der Waals surface area contributed by atoms with Crippen molar-refractivity contribution in [3.8, 4) is 0 Å². The molecule has 0 radical (unpaired) electrons. The summed E-state index contributed by atoms with van der Waals surface area (Å²) in [6, 6.07) is 11.2. The number of benzene rings is 2. The van der Waals surface area contributed by atoms with Crippen molar-refractivity contribution in [3.63, 3.8) is 0 Å². The standard InChI is InChI=1S/C21H22FN3O3/c22-16-5-3-4-14(10-16)13-23-21(26)18-12-15-11-17(25(27)28)7-8-19(15)24-9-2-1-6-20(18)24/h3-5,7-8,10-11,18,20H,1-2,6,9,12-13H2,(H,23,26)/t18-,20-/m1/s1. The van der Waals surface area contributed by atoms with Gasteiger partial charge in [0, 0.05) is 37.0 Å². The van der Waals surface area contributed by atoms with Crippen LogP contribution >= 0.6 is 0 Å². The fourth-order valence-electron chi connectivity index (χ4n) is 4.41. The smallest absolute Gasteiger partial charge is 0.269 e. The third-order valence-corrected chi connectivity index (χ3v) is 5.73. The van der Waals surface area contributed by atoms with Crippen molar-refractivity contribution in [2.24, 2.45) is 5.92 Å². The van der Waals surface area contributed by atoms with Gasteiger partial charge in [0.05, 0.1) is 10.8 Å². The average Bonchev–Trinajstić information content (AvgIpc) is 2.71. The highest BCUT2D eigenvalue weighted by Gasteiger charge is 2.39. The fourth-order valence-corrected chi connectivity index (χ4v) is 4.41. The Morgan fingerprint density at radius 1 is 1.25 bits per heavy atom. The molecule has 1 fully saturated rings. The molecule has 1 N–H and O–H groups in total. The Labute approximate surface area is 162 Å². The molecule has 2 aromatic carbocycles. The van der Waals surface area contributed by atoms with Gasteiger partial charge >= 0.3 is 0 Å². The summed E-state index contributed by atoms with van der Waals surface area (Å²) in [5.74, 6) is -0.689. The van der Waals surface area contributed by atoms with Crippen LogP contribution in [0.4, 0.5) is 15.8 Å². The Bertz CT molecular complexity index is 918. The summed E-state index contributed by atoms with van der Waals surface area (Å²) in [7, 11) is 0. The second kappa shape index (κ2) is 7.58. The summed E-state index contributed by atoms with van der Waals surface area (Å²) in [5, 5.41) is 14.1. The summed E-state index contributed by atoms with van der Waals surface area (Å²) in [6.07, 6.45) is 3.52. The maximum atomic E-state index is 13.4. The lowest BCUT2D eigenvalue weighted by atomic mass is 9.80. The molecule has 2 aliphatic rings. The largest absolute Gasteiger partial charge is 0.368 e. The number of fused-ring (bicyclic) bond motifs is 3. The van der Waals surface area contributed by atoms with Gasteiger partial charge in [-0.2, -0.15) is 0 Å². The van der Waals surface area contributed by atoms with E-state index in [0.717, 1.165) is 37.1 Å². The van der Waals surface area contributed by atoms with Gasteiger partial charge in [-0.25, -0.2) is 4.39 Å². The van der Waals surface area contributed by atoms with E-state index < -0.39 is 4.92 Å². The molecule has 0 saturated carbocycles. The molecule has 2 atom stereocenters. The van der Waals surface area contributed by atoms with E-state index in [4.69, 9.17) is 0 Å². The lowest BCUT2D eigenvalue weighted by Crippen LogP contribution is -2.53. The first kappa shape index (κ1) is 18.4. The third-order valence-electron chi connectivity index (χ3n) is 5.73. The molecule has 1 saturated heterocycles. The van der Waals surface area contributed by atoms with Crippen LogP contribution in [0.25, 0.3) is 0 Å². The van der Waals surface area contributed by atoms with Gasteiger partial charge in [0.2, 0.25) is 5.91 Å². The molecule has 0 aliphatic carbocycles. The molecule has 4 rings (SSSR count). The number of amides is 1. The van der Waals surface area contributed by atoms with Gasteiger partial charge in [0.15, 0.2) is 0 Å². The van der Waals surface area contributed by atoms with Crippen molar-refractivity contribution < 1.29 is 14.1 Å². The van der Waals surface area contributed by atoms with Gasteiger partial charge < -0.3 is 10.2 Å². The normalized spacial score (nSPS) is 20.8. The molecule has 0 aromatic heterocycles. The first-order chi connectivity index (χ1) is 13.5. The van der Waals surface area contributed by atoms with Crippen LogP contribution < -0.4 is 10.2 Å². The molecule has 6 nitrogen and oxygen atoms in total. The van der Waals surface area contributed by atoms with E-state index >= 15 is 0 Å². The van der Waals surface area contributed by atoms with Crippen LogP contribution in [0.5, 0.6) is 0 Å². The highest BCUT2D eigenvalue weighted by atomic mass is 19.1. The summed E-state index contributed by atoms with van der Waals surface area (Å²) < 4.78 is 13.4. The average molecular weight is 383 g/mol. The summed E-state index contributed by atoms with van der Waals surface area (Å²) in [5.41, 5.74) is 2.61. The number of carbonyl (C=O) groups is 1. The number of nitro groups is 1. The lowest BCUT2D eigenvalue weighted by molar-refractivity contribution is -0.384. The Kier molecular flexibility index (Phi) is 4.98. The predicted octanol–water partition coefficient (Wildman–Crippen LogP) is 3.58. The number of nitrogens with zero attached hydrogens (tertiary/aromatic N) is 2. The number of nitro benzene ring substituents is 1. The zero-order valence-corrected chi connectivity index (χ0v) is 15.4. The Morgan fingerprint density at radius 2 is 2.11 bits per heavy atom. The van der Waals surface area contributed by atoms with Crippen LogP contribution in [0.15, 0.2) is 42.5 Å². The molecule has 1 amide bonds. The number of rotatable bonds is 4. The van der Waals surface area contributed by atoms with Gasteiger partial charge in [-0.3, -0.25) is 14.9 Å². The van der Waals surface area contributed by atoms with Crippen molar-refractivity contribution in [1.29, 1.82) is 0 Å². The van der Waals surface area contributed by atoms with Crippen molar-refractivity contribution in [2.45, 2.75) is 38.3 Å². The summed E-state index contributed by atoms with van der Waals surface area (Å²) in [4.78, 5) is 26.0. The number of nitrogens with one attached hydrogen (secondary N) is 1. The maximum absolute atomic E-state index is 13.4. The highest BCUT2D eigenvalue weighted by Crippen LogP contribution is 2.39. The molecule has 146 valence electrons. The number of hydrogen-bond donors (Lipinski definition) is 1.